The molecule has 0 amide bonds. The van der Waals surface area contributed by atoms with Gasteiger partial charge < -0.3 is 13.9 Å². The van der Waals surface area contributed by atoms with E-state index in [1.807, 2.05) is 24.3 Å². The molecule has 0 fully saturated rings. The second kappa shape index (κ2) is 9.31. The van der Waals surface area contributed by atoms with Gasteiger partial charge in [-0.25, -0.2) is 4.39 Å². The molecule has 0 N–H and O–H groups in total. The quantitative estimate of drug-likeness (QED) is 0.208. The van der Waals surface area contributed by atoms with Gasteiger partial charge in [-0.3, -0.25) is 0 Å². The monoisotopic (exact) mass is 574 g/mol. The zero-order valence-electron chi connectivity index (χ0n) is 22.9. The highest BCUT2D eigenvalue weighted by Crippen LogP contribution is 2.44. The number of furan rings is 1. The number of thiophene rings is 1. The van der Waals surface area contributed by atoms with Crippen LogP contribution in [0.5, 0.6) is 0 Å². The number of halogens is 1. The van der Waals surface area contributed by atoms with Crippen molar-refractivity contribution < 1.29 is 8.81 Å². The molecule has 0 spiro atoms. The second-order valence-electron chi connectivity index (χ2n) is 10.7. The first kappa shape index (κ1) is 24.2. The molecule has 0 aliphatic heterocycles. The normalized spacial score (nSPS) is 11.8. The average molecular weight is 575 g/mol. The lowest BCUT2D eigenvalue weighted by molar-refractivity contribution is 0.627. The fourth-order valence-electron chi connectivity index (χ4n) is 6.33. The third-order valence-corrected chi connectivity index (χ3v) is 9.43. The molecule has 0 saturated heterocycles. The summed E-state index contributed by atoms with van der Waals surface area (Å²) in [4.78, 5) is 2.28. The number of para-hydroxylation sites is 2. The highest BCUT2D eigenvalue weighted by molar-refractivity contribution is 7.26. The van der Waals surface area contributed by atoms with Crippen molar-refractivity contribution in [1.82, 2.24) is 4.57 Å². The number of benzene rings is 6. The summed E-state index contributed by atoms with van der Waals surface area (Å²) >= 11 is 1.78. The van der Waals surface area contributed by atoms with Gasteiger partial charge in [-0.15, -0.1) is 11.3 Å². The van der Waals surface area contributed by atoms with Crippen LogP contribution in [0, 0.1) is 5.82 Å². The number of fused-ring (bicyclic) bond motifs is 8. The molecule has 204 valence electrons. The van der Waals surface area contributed by atoms with E-state index in [0.717, 1.165) is 66.5 Å². The molecule has 3 aromatic heterocycles. The average Bonchev–Trinajstić information content (AvgIpc) is 3.70. The molecule has 0 bridgehead atoms. The van der Waals surface area contributed by atoms with Crippen LogP contribution in [-0.2, 0) is 0 Å². The van der Waals surface area contributed by atoms with Crippen LogP contribution >= 0.6 is 11.3 Å². The third-order valence-electron chi connectivity index (χ3n) is 8.24. The predicted molar refractivity (Wildman–Crippen MR) is 178 cm³/mol. The molecule has 3 nitrogen and oxygen atoms in total. The Labute approximate surface area is 250 Å². The minimum absolute atomic E-state index is 0.244. The summed E-state index contributed by atoms with van der Waals surface area (Å²) in [6.45, 7) is 0. The largest absolute Gasteiger partial charge is 0.454 e. The predicted octanol–water partition coefficient (Wildman–Crippen LogP) is 11.5. The van der Waals surface area contributed by atoms with Gasteiger partial charge in [0.15, 0.2) is 5.58 Å². The van der Waals surface area contributed by atoms with Gasteiger partial charge in [0.25, 0.3) is 0 Å². The van der Waals surface area contributed by atoms with E-state index in [1.54, 1.807) is 11.3 Å². The molecule has 0 unspecified atom stereocenters. The van der Waals surface area contributed by atoms with E-state index >= 15 is 0 Å². The summed E-state index contributed by atoms with van der Waals surface area (Å²) < 4.78 is 24.9. The third kappa shape index (κ3) is 3.72. The molecule has 5 heteroatoms. The highest BCUT2D eigenvalue weighted by atomic mass is 32.1. The van der Waals surface area contributed by atoms with Crippen molar-refractivity contribution in [2.24, 2.45) is 0 Å². The van der Waals surface area contributed by atoms with E-state index < -0.39 is 0 Å². The second-order valence-corrected chi connectivity index (χ2v) is 11.8. The van der Waals surface area contributed by atoms with Crippen LogP contribution in [0.2, 0.25) is 0 Å². The molecule has 0 aliphatic carbocycles. The van der Waals surface area contributed by atoms with Crippen molar-refractivity contribution in [2.45, 2.75) is 0 Å². The van der Waals surface area contributed by atoms with Crippen LogP contribution in [0.1, 0.15) is 0 Å². The first-order valence-electron chi connectivity index (χ1n) is 14.2. The van der Waals surface area contributed by atoms with Gasteiger partial charge in [-0.1, -0.05) is 48.5 Å². The van der Waals surface area contributed by atoms with Crippen molar-refractivity contribution in [2.75, 3.05) is 4.90 Å². The number of anilines is 3. The number of hydrogen-bond donors (Lipinski definition) is 0. The molecule has 9 aromatic rings. The SMILES string of the molecule is Fc1ccc(-n2c3ccccc3c3cc(N(c4ccccc4)c4ccc5c(c4)oc4c6ccccc6sc54)ccc32)cc1. The Bertz CT molecular complexity index is 2470. The van der Waals surface area contributed by atoms with Gasteiger partial charge in [0.1, 0.15) is 11.4 Å². The molecule has 0 atom stereocenters. The Hall–Kier alpha value is -5.39. The van der Waals surface area contributed by atoms with E-state index in [4.69, 9.17) is 4.42 Å². The van der Waals surface area contributed by atoms with Gasteiger partial charge >= 0.3 is 0 Å². The van der Waals surface area contributed by atoms with Crippen LogP contribution < -0.4 is 4.90 Å². The lowest BCUT2D eigenvalue weighted by atomic mass is 10.1. The molecular weight excluding hydrogens is 551 g/mol. The molecule has 43 heavy (non-hydrogen) atoms. The summed E-state index contributed by atoms with van der Waals surface area (Å²) in [6.07, 6.45) is 0. The summed E-state index contributed by atoms with van der Waals surface area (Å²) in [6, 6.07) is 47.0. The van der Waals surface area contributed by atoms with Gasteiger partial charge in [0.05, 0.1) is 15.7 Å². The van der Waals surface area contributed by atoms with Crippen LogP contribution in [0.3, 0.4) is 0 Å². The zero-order valence-corrected chi connectivity index (χ0v) is 23.7. The Balaban J connectivity index is 1.26. The minimum Gasteiger partial charge on any atom is -0.454 e. The molecular formula is C38H23FN2OS. The summed E-state index contributed by atoms with van der Waals surface area (Å²) in [5.41, 5.74) is 8.02. The van der Waals surface area contributed by atoms with Crippen LogP contribution in [0.25, 0.3) is 58.8 Å². The standard InChI is InChI=1S/C38H23FN2OS/c39-24-14-16-26(17-15-24)41-33-12-6-4-10-29(33)32-22-27(19-21-34(32)41)40(25-8-2-1-3-9-25)28-18-20-30-35(23-28)42-37-31-11-5-7-13-36(31)43-38(30)37/h1-23H. The molecule has 3 heterocycles. The van der Waals surface area contributed by atoms with E-state index in [-0.39, 0.29) is 5.82 Å². The lowest BCUT2D eigenvalue weighted by Crippen LogP contribution is -2.09. The molecule has 0 radical (unpaired) electrons. The Morgan fingerprint density at radius 1 is 0.558 bits per heavy atom. The van der Waals surface area contributed by atoms with Crippen LogP contribution in [0.4, 0.5) is 21.5 Å². The maximum Gasteiger partial charge on any atom is 0.154 e. The lowest BCUT2D eigenvalue weighted by Gasteiger charge is -2.25. The number of nitrogens with zero attached hydrogens (tertiary/aromatic N) is 2. The van der Waals surface area contributed by atoms with Gasteiger partial charge in [-0.05, 0) is 84.9 Å². The van der Waals surface area contributed by atoms with Crippen LogP contribution in [0.15, 0.2) is 144 Å². The van der Waals surface area contributed by atoms with E-state index in [0.29, 0.717) is 0 Å². The Kier molecular flexibility index (Phi) is 5.25. The van der Waals surface area contributed by atoms with Crippen molar-refractivity contribution in [3.8, 4) is 5.69 Å². The fourth-order valence-corrected chi connectivity index (χ4v) is 7.49. The summed E-state index contributed by atoms with van der Waals surface area (Å²) in [7, 11) is 0. The molecule has 9 rings (SSSR count). The minimum atomic E-state index is -0.244. The van der Waals surface area contributed by atoms with Crippen LogP contribution in [-0.4, -0.2) is 4.57 Å². The first-order valence-corrected chi connectivity index (χ1v) is 15.0. The Morgan fingerprint density at radius 3 is 2.12 bits per heavy atom. The van der Waals surface area contributed by atoms with Crippen molar-refractivity contribution in [1.29, 1.82) is 0 Å². The zero-order chi connectivity index (χ0) is 28.5. The van der Waals surface area contributed by atoms with Gasteiger partial charge in [-0.2, -0.15) is 0 Å². The van der Waals surface area contributed by atoms with Crippen molar-refractivity contribution >= 4 is 81.5 Å². The van der Waals surface area contributed by atoms with Gasteiger partial charge in [0, 0.05) is 55.1 Å². The topological polar surface area (TPSA) is 21.3 Å². The Morgan fingerprint density at radius 2 is 1.26 bits per heavy atom. The molecule has 0 saturated carbocycles. The molecule has 0 aliphatic rings. The van der Waals surface area contributed by atoms with Crippen molar-refractivity contribution in [3.05, 3.63) is 145 Å². The summed E-state index contributed by atoms with van der Waals surface area (Å²) in [5, 5.41) is 4.56. The maximum atomic E-state index is 13.8. The van der Waals surface area contributed by atoms with E-state index in [2.05, 4.69) is 113 Å². The van der Waals surface area contributed by atoms with Gasteiger partial charge in [0.2, 0.25) is 0 Å². The van der Waals surface area contributed by atoms with E-state index in [1.165, 1.54) is 21.5 Å². The van der Waals surface area contributed by atoms with E-state index in [9.17, 15) is 4.39 Å². The fraction of sp³-hybridized carbons (Fsp3) is 0. The number of aromatic nitrogens is 1. The summed E-state index contributed by atoms with van der Waals surface area (Å²) in [5.74, 6) is -0.244. The maximum absolute atomic E-state index is 13.8. The number of rotatable bonds is 4. The smallest absolute Gasteiger partial charge is 0.154 e. The molecule has 6 aromatic carbocycles. The first-order chi connectivity index (χ1) is 21.2. The number of hydrogen-bond acceptors (Lipinski definition) is 3. The van der Waals surface area contributed by atoms with Crippen molar-refractivity contribution in [3.63, 3.8) is 0 Å². The highest BCUT2D eigenvalue weighted by Gasteiger charge is 2.19.